The van der Waals surface area contributed by atoms with E-state index in [4.69, 9.17) is 11.1 Å². The van der Waals surface area contributed by atoms with Crippen LogP contribution in [0.3, 0.4) is 0 Å². The SMILES string of the molecule is Cc1c(C)c(C)c(CSC(N)=[NH2+])c(C)c1C. The first kappa shape index (κ1) is 13.1. The number of hydrogen-bond donors (Lipinski definition) is 2. The molecule has 0 fully saturated rings. The van der Waals surface area contributed by atoms with Gasteiger partial charge in [0.1, 0.15) is 0 Å². The zero-order chi connectivity index (χ0) is 12.5. The third-order valence-electron chi connectivity index (χ3n) is 3.54. The average molecular weight is 237 g/mol. The second kappa shape index (κ2) is 4.91. The molecule has 0 aliphatic heterocycles. The average Bonchev–Trinajstić information content (AvgIpc) is 2.23. The molecule has 0 unspecified atom stereocenters. The zero-order valence-electron chi connectivity index (χ0n) is 10.8. The Hall–Kier alpha value is -0.960. The molecule has 1 rings (SSSR count). The van der Waals surface area contributed by atoms with Gasteiger partial charge in [-0.05, 0) is 79.8 Å². The number of thioether (sulfide) groups is 1. The van der Waals surface area contributed by atoms with Gasteiger partial charge in [0.15, 0.2) is 0 Å². The largest absolute Gasteiger partial charge is 0.300 e. The first-order chi connectivity index (χ1) is 7.36. The van der Waals surface area contributed by atoms with Crippen molar-refractivity contribution in [3.05, 3.63) is 33.4 Å². The Balaban J connectivity index is 3.23. The van der Waals surface area contributed by atoms with E-state index in [0.29, 0.717) is 5.17 Å². The molecule has 88 valence electrons. The highest BCUT2D eigenvalue weighted by molar-refractivity contribution is 8.12. The number of hydrogen-bond acceptors (Lipinski definition) is 1. The van der Waals surface area contributed by atoms with Crippen molar-refractivity contribution in [3.63, 3.8) is 0 Å². The molecule has 0 atom stereocenters. The minimum absolute atomic E-state index is 0.440. The van der Waals surface area contributed by atoms with Crippen LogP contribution in [0.15, 0.2) is 0 Å². The summed E-state index contributed by atoms with van der Waals surface area (Å²) in [5, 5.41) is 5.94. The third kappa shape index (κ3) is 2.40. The van der Waals surface area contributed by atoms with E-state index in [1.165, 1.54) is 45.1 Å². The Morgan fingerprint density at radius 2 is 1.31 bits per heavy atom. The predicted molar refractivity (Wildman–Crippen MR) is 72.5 cm³/mol. The van der Waals surface area contributed by atoms with E-state index in [0.717, 1.165) is 5.75 Å². The second-order valence-corrected chi connectivity index (χ2v) is 5.34. The molecule has 1 aromatic rings. The van der Waals surface area contributed by atoms with Crippen LogP contribution in [0.25, 0.3) is 0 Å². The molecule has 0 heterocycles. The van der Waals surface area contributed by atoms with E-state index >= 15 is 0 Å². The van der Waals surface area contributed by atoms with Crippen LogP contribution in [0.1, 0.15) is 33.4 Å². The fourth-order valence-electron chi connectivity index (χ4n) is 1.95. The molecular formula is C13H21N2S+. The van der Waals surface area contributed by atoms with Gasteiger partial charge in [0.2, 0.25) is 0 Å². The van der Waals surface area contributed by atoms with E-state index in [9.17, 15) is 0 Å². The van der Waals surface area contributed by atoms with E-state index in [1.807, 2.05) is 0 Å². The Labute approximate surface area is 102 Å². The van der Waals surface area contributed by atoms with Crippen LogP contribution in [0.2, 0.25) is 0 Å². The van der Waals surface area contributed by atoms with Crippen LogP contribution in [0, 0.1) is 34.6 Å². The highest BCUT2D eigenvalue weighted by atomic mass is 32.2. The smallest absolute Gasteiger partial charge is 0.282 e. The van der Waals surface area contributed by atoms with Gasteiger partial charge in [-0.1, -0.05) is 0 Å². The van der Waals surface area contributed by atoms with Crippen LogP contribution in [0.5, 0.6) is 0 Å². The van der Waals surface area contributed by atoms with Gasteiger partial charge in [0.25, 0.3) is 5.17 Å². The first-order valence-corrected chi connectivity index (χ1v) is 6.41. The summed E-state index contributed by atoms with van der Waals surface area (Å²) < 4.78 is 0. The molecule has 0 saturated carbocycles. The Kier molecular flexibility index (Phi) is 4.03. The van der Waals surface area contributed by atoms with Crippen molar-refractivity contribution >= 4 is 16.9 Å². The van der Waals surface area contributed by atoms with Gasteiger partial charge in [0, 0.05) is 5.75 Å². The maximum Gasteiger partial charge on any atom is 0.300 e. The van der Waals surface area contributed by atoms with Gasteiger partial charge in [0.05, 0.1) is 0 Å². The molecule has 0 saturated heterocycles. The summed E-state index contributed by atoms with van der Waals surface area (Å²) >= 11 is 1.51. The zero-order valence-corrected chi connectivity index (χ0v) is 11.6. The highest BCUT2D eigenvalue weighted by Gasteiger charge is 2.12. The predicted octanol–water partition coefficient (Wildman–Crippen LogP) is 1.54. The molecule has 0 amide bonds. The van der Waals surface area contributed by atoms with Gasteiger partial charge in [-0.2, -0.15) is 0 Å². The number of nitrogens with two attached hydrogens (primary N) is 2. The maximum absolute atomic E-state index is 5.50. The second-order valence-electron chi connectivity index (χ2n) is 4.29. The fourth-order valence-corrected chi connectivity index (χ4v) is 2.69. The van der Waals surface area contributed by atoms with Crippen molar-refractivity contribution in [1.82, 2.24) is 0 Å². The maximum atomic E-state index is 5.50. The molecule has 0 bridgehead atoms. The fraction of sp³-hybridized carbons (Fsp3) is 0.462. The van der Waals surface area contributed by atoms with Crippen LogP contribution in [0.4, 0.5) is 0 Å². The number of amidine groups is 1. The van der Waals surface area contributed by atoms with Crippen molar-refractivity contribution in [2.75, 3.05) is 0 Å². The lowest BCUT2D eigenvalue weighted by Gasteiger charge is -2.17. The summed E-state index contributed by atoms with van der Waals surface area (Å²) in [7, 11) is 0. The number of rotatable bonds is 2. The monoisotopic (exact) mass is 237 g/mol. The van der Waals surface area contributed by atoms with E-state index in [2.05, 4.69) is 34.6 Å². The summed E-state index contributed by atoms with van der Waals surface area (Å²) in [4.78, 5) is 0. The normalized spacial score (nSPS) is 10.6. The lowest BCUT2D eigenvalue weighted by molar-refractivity contribution is -0.110. The molecule has 3 heteroatoms. The van der Waals surface area contributed by atoms with Crippen LogP contribution >= 0.6 is 11.8 Å². The molecule has 4 N–H and O–H groups in total. The summed E-state index contributed by atoms with van der Waals surface area (Å²) in [5.41, 5.74) is 13.8. The minimum atomic E-state index is 0.440. The minimum Gasteiger partial charge on any atom is -0.282 e. The molecule has 0 aliphatic rings. The molecule has 2 nitrogen and oxygen atoms in total. The van der Waals surface area contributed by atoms with Crippen molar-refractivity contribution < 1.29 is 5.41 Å². The summed E-state index contributed by atoms with van der Waals surface area (Å²) in [5.74, 6) is 0.863. The Bertz CT molecular complexity index is 407. The number of benzene rings is 1. The topological polar surface area (TPSA) is 51.6 Å². The lowest BCUT2D eigenvalue weighted by Crippen LogP contribution is -2.43. The van der Waals surface area contributed by atoms with Crippen LogP contribution in [-0.4, -0.2) is 5.17 Å². The molecule has 0 spiro atoms. The van der Waals surface area contributed by atoms with Crippen molar-refractivity contribution in [3.8, 4) is 0 Å². The van der Waals surface area contributed by atoms with E-state index in [-0.39, 0.29) is 0 Å². The van der Waals surface area contributed by atoms with Crippen molar-refractivity contribution in [2.24, 2.45) is 5.73 Å². The lowest BCUT2D eigenvalue weighted by atomic mass is 9.90. The van der Waals surface area contributed by atoms with E-state index in [1.54, 1.807) is 0 Å². The molecule has 0 radical (unpaired) electrons. The summed E-state index contributed by atoms with van der Waals surface area (Å²) in [6.45, 7) is 10.9. The van der Waals surface area contributed by atoms with E-state index < -0.39 is 0 Å². The summed E-state index contributed by atoms with van der Waals surface area (Å²) in [6.07, 6.45) is 0. The van der Waals surface area contributed by atoms with Crippen molar-refractivity contribution in [1.29, 1.82) is 0 Å². The standard InChI is InChI=1S/C13H20N2S/c1-7-8(2)10(4)12(6-16-13(14)15)11(5)9(7)3/h6H2,1-5H3,(H3,14,15)/p+1. The molecular weight excluding hydrogens is 216 g/mol. The van der Waals surface area contributed by atoms with Gasteiger partial charge in [-0.25, -0.2) is 0 Å². The summed E-state index contributed by atoms with van der Waals surface area (Å²) in [6, 6.07) is 0. The molecule has 1 aromatic carbocycles. The first-order valence-electron chi connectivity index (χ1n) is 5.42. The molecule has 0 aliphatic carbocycles. The van der Waals surface area contributed by atoms with Crippen LogP contribution in [-0.2, 0) is 5.75 Å². The van der Waals surface area contributed by atoms with Gasteiger partial charge in [-0.3, -0.25) is 11.1 Å². The molecule has 0 aromatic heterocycles. The van der Waals surface area contributed by atoms with Gasteiger partial charge in [-0.15, -0.1) is 0 Å². The highest BCUT2D eigenvalue weighted by Crippen LogP contribution is 2.28. The quantitative estimate of drug-likeness (QED) is 0.605. The van der Waals surface area contributed by atoms with Crippen LogP contribution < -0.4 is 11.1 Å². The van der Waals surface area contributed by atoms with Gasteiger partial charge >= 0.3 is 0 Å². The third-order valence-corrected chi connectivity index (χ3v) is 4.30. The molecule has 16 heavy (non-hydrogen) atoms. The van der Waals surface area contributed by atoms with Gasteiger partial charge < -0.3 is 0 Å². The van der Waals surface area contributed by atoms with Crippen molar-refractivity contribution in [2.45, 2.75) is 40.4 Å². The Morgan fingerprint density at radius 1 is 0.938 bits per heavy atom. The Morgan fingerprint density at radius 3 is 1.69 bits per heavy atom.